The molecular weight excluding hydrogens is 308 g/mol. The van der Waals surface area contributed by atoms with Gasteiger partial charge in [0.05, 0.1) is 10.6 Å². The molecule has 0 aliphatic rings. The molecule has 21 heavy (non-hydrogen) atoms. The van der Waals surface area contributed by atoms with Crippen LogP contribution in [0.1, 0.15) is 6.92 Å². The summed E-state index contributed by atoms with van der Waals surface area (Å²) < 4.78 is 5.30. The summed E-state index contributed by atoms with van der Waals surface area (Å²) in [4.78, 5) is 13.0. The zero-order chi connectivity index (χ0) is 14.7. The molecule has 0 fully saturated rings. The van der Waals surface area contributed by atoms with Crippen molar-refractivity contribution >= 4 is 23.4 Å². The molecule has 3 aromatic rings. The number of aromatic nitrogens is 4. The van der Waals surface area contributed by atoms with Crippen LogP contribution >= 0.6 is 23.4 Å². The summed E-state index contributed by atoms with van der Waals surface area (Å²) in [7, 11) is 0. The van der Waals surface area contributed by atoms with E-state index < -0.39 is 0 Å². The van der Waals surface area contributed by atoms with Crippen LogP contribution in [-0.2, 0) is 0 Å². The lowest BCUT2D eigenvalue weighted by molar-refractivity contribution is 0.432. The van der Waals surface area contributed by atoms with Gasteiger partial charge in [-0.25, -0.2) is 9.97 Å². The average Bonchev–Trinajstić information content (AvgIpc) is 2.98. The number of benzene rings is 1. The number of rotatable bonds is 4. The van der Waals surface area contributed by atoms with Gasteiger partial charge in [-0.15, -0.1) is 11.8 Å². The van der Waals surface area contributed by atoms with Crippen LogP contribution in [-0.4, -0.2) is 25.9 Å². The second-order valence-electron chi connectivity index (χ2n) is 4.05. The van der Waals surface area contributed by atoms with E-state index >= 15 is 0 Å². The largest absolute Gasteiger partial charge is 0.334 e. The molecule has 0 amide bonds. The molecule has 3 rings (SSSR count). The van der Waals surface area contributed by atoms with Gasteiger partial charge in [-0.3, -0.25) is 0 Å². The molecule has 0 saturated heterocycles. The van der Waals surface area contributed by atoms with Crippen molar-refractivity contribution in [2.75, 3.05) is 5.75 Å². The zero-order valence-corrected chi connectivity index (χ0v) is 12.7. The van der Waals surface area contributed by atoms with Gasteiger partial charge in [-0.1, -0.05) is 35.8 Å². The molecule has 2 heterocycles. The summed E-state index contributed by atoms with van der Waals surface area (Å²) in [6.07, 6.45) is 3.26. The normalized spacial score (nSPS) is 10.8. The van der Waals surface area contributed by atoms with Gasteiger partial charge in [-0.05, 0) is 17.9 Å². The minimum atomic E-state index is 0.369. The highest BCUT2D eigenvalue weighted by molar-refractivity contribution is 7.99. The minimum absolute atomic E-state index is 0.369. The van der Waals surface area contributed by atoms with Crippen molar-refractivity contribution in [2.45, 2.75) is 11.9 Å². The van der Waals surface area contributed by atoms with Crippen LogP contribution in [0.4, 0.5) is 0 Å². The van der Waals surface area contributed by atoms with E-state index in [0.29, 0.717) is 28.0 Å². The molecule has 0 spiro atoms. The lowest BCUT2D eigenvalue weighted by Gasteiger charge is -2.00. The standard InChI is InChI=1S/C14H11ClN4OS/c1-2-21-14-11(16-7-8-17-14)12-18-13(20-19-12)9-5-3-4-6-10(9)15/h3-8H,2H2,1H3. The van der Waals surface area contributed by atoms with E-state index in [-0.39, 0.29) is 0 Å². The van der Waals surface area contributed by atoms with E-state index in [1.54, 1.807) is 30.2 Å². The van der Waals surface area contributed by atoms with E-state index in [2.05, 4.69) is 27.0 Å². The lowest BCUT2D eigenvalue weighted by atomic mass is 10.2. The number of hydrogen-bond acceptors (Lipinski definition) is 6. The Morgan fingerprint density at radius 3 is 2.81 bits per heavy atom. The fraction of sp³-hybridized carbons (Fsp3) is 0.143. The molecule has 5 nitrogen and oxygen atoms in total. The Bertz CT molecular complexity index is 762. The molecule has 0 radical (unpaired) electrons. The van der Waals surface area contributed by atoms with Crippen molar-refractivity contribution in [2.24, 2.45) is 0 Å². The molecule has 0 atom stereocenters. The topological polar surface area (TPSA) is 64.7 Å². The van der Waals surface area contributed by atoms with Crippen LogP contribution in [0.25, 0.3) is 23.0 Å². The fourth-order valence-corrected chi connectivity index (χ4v) is 2.69. The van der Waals surface area contributed by atoms with Gasteiger partial charge in [0.2, 0.25) is 5.82 Å². The minimum Gasteiger partial charge on any atom is -0.334 e. The van der Waals surface area contributed by atoms with E-state index in [1.807, 2.05) is 18.2 Å². The zero-order valence-electron chi connectivity index (χ0n) is 11.2. The van der Waals surface area contributed by atoms with Crippen LogP contribution in [0, 0.1) is 0 Å². The van der Waals surface area contributed by atoms with Gasteiger partial charge in [0.15, 0.2) is 0 Å². The van der Waals surface area contributed by atoms with Crippen molar-refractivity contribution < 1.29 is 4.52 Å². The Morgan fingerprint density at radius 2 is 2.00 bits per heavy atom. The maximum Gasteiger partial charge on any atom is 0.259 e. The first-order chi connectivity index (χ1) is 10.3. The summed E-state index contributed by atoms with van der Waals surface area (Å²) in [5, 5.41) is 5.33. The third-order valence-electron chi connectivity index (χ3n) is 2.69. The maximum atomic E-state index is 6.14. The summed E-state index contributed by atoms with van der Waals surface area (Å²) in [6, 6.07) is 7.33. The summed E-state index contributed by atoms with van der Waals surface area (Å²) >= 11 is 7.72. The van der Waals surface area contributed by atoms with Crippen LogP contribution < -0.4 is 0 Å². The van der Waals surface area contributed by atoms with Gasteiger partial charge in [-0.2, -0.15) is 4.98 Å². The fourth-order valence-electron chi connectivity index (χ4n) is 1.78. The van der Waals surface area contributed by atoms with Crippen molar-refractivity contribution in [3.05, 3.63) is 41.7 Å². The van der Waals surface area contributed by atoms with E-state index in [1.165, 1.54) is 0 Å². The van der Waals surface area contributed by atoms with Gasteiger partial charge in [0.1, 0.15) is 10.7 Å². The first kappa shape index (κ1) is 14.0. The molecule has 0 saturated carbocycles. The Kier molecular flexibility index (Phi) is 4.17. The van der Waals surface area contributed by atoms with Crippen molar-refractivity contribution in [1.29, 1.82) is 0 Å². The molecule has 1 aromatic carbocycles. The van der Waals surface area contributed by atoms with Gasteiger partial charge in [0.25, 0.3) is 5.89 Å². The third-order valence-corrected chi connectivity index (χ3v) is 3.88. The van der Waals surface area contributed by atoms with E-state index in [9.17, 15) is 0 Å². The monoisotopic (exact) mass is 318 g/mol. The average molecular weight is 319 g/mol. The number of hydrogen-bond donors (Lipinski definition) is 0. The van der Waals surface area contributed by atoms with Crippen LogP contribution in [0.15, 0.2) is 46.2 Å². The smallest absolute Gasteiger partial charge is 0.259 e. The number of nitrogens with zero attached hydrogens (tertiary/aromatic N) is 4. The highest BCUT2D eigenvalue weighted by Gasteiger charge is 2.17. The molecule has 0 aliphatic carbocycles. The molecule has 0 N–H and O–H groups in total. The van der Waals surface area contributed by atoms with Gasteiger partial charge in [0, 0.05) is 12.4 Å². The Morgan fingerprint density at radius 1 is 1.19 bits per heavy atom. The molecule has 106 valence electrons. The van der Waals surface area contributed by atoms with E-state index in [4.69, 9.17) is 16.1 Å². The summed E-state index contributed by atoms with van der Waals surface area (Å²) in [5.74, 6) is 1.67. The number of halogens is 1. The van der Waals surface area contributed by atoms with Crippen molar-refractivity contribution in [3.63, 3.8) is 0 Å². The second kappa shape index (κ2) is 6.24. The second-order valence-corrected chi connectivity index (χ2v) is 5.71. The van der Waals surface area contributed by atoms with Crippen LogP contribution in [0.3, 0.4) is 0 Å². The summed E-state index contributed by atoms with van der Waals surface area (Å²) in [6.45, 7) is 2.05. The molecule has 0 bridgehead atoms. The van der Waals surface area contributed by atoms with Crippen LogP contribution in [0.2, 0.25) is 5.02 Å². The van der Waals surface area contributed by atoms with Gasteiger partial charge < -0.3 is 4.52 Å². The van der Waals surface area contributed by atoms with Crippen molar-refractivity contribution in [3.8, 4) is 23.0 Å². The van der Waals surface area contributed by atoms with Crippen LogP contribution in [0.5, 0.6) is 0 Å². The lowest BCUT2D eigenvalue weighted by Crippen LogP contribution is -1.92. The highest BCUT2D eigenvalue weighted by Crippen LogP contribution is 2.30. The SMILES string of the molecule is CCSc1nccnc1-c1noc(-c2ccccc2Cl)n1. The highest BCUT2D eigenvalue weighted by atomic mass is 35.5. The maximum absolute atomic E-state index is 6.14. The number of thioether (sulfide) groups is 1. The Balaban J connectivity index is 2.01. The molecular formula is C14H11ClN4OS. The predicted octanol–water partition coefficient (Wildman–Crippen LogP) is 3.96. The summed E-state index contributed by atoms with van der Waals surface area (Å²) in [5.41, 5.74) is 1.32. The molecule has 7 heteroatoms. The first-order valence-electron chi connectivity index (χ1n) is 6.32. The van der Waals surface area contributed by atoms with Gasteiger partial charge >= 0.3 is 0 Å². The van der Waals surface area contributed by atoms with E-state index in [0.717, 1.165) is 10.8 Å². The first-order valence-corrected chi connectivity index (χ1v) is 7.68. The predicted molar refractivity (Wildman–Crippen MR) is 82.2 cm³/mol. The quantitative estimate of drug-likeness (QED) is 0.678. The molecule has 0 aliphatic heterocycles. The third kappa shape index (κ3) is 2.91. The Labute approximate surface area is 130 Å². The van der Waals surface area contributed by atoms with Crippen molar-refractivity contribution in [1.82, 2.24) is 20.1 Å². The Hall–Kier alpha value is -1.92. The molecule has 0 unspecified atom stereocenters. The molecule has 2 aromatic heterocycles.